The van der Waals surface area contributed by atoms with Gasteiger partial charge in [0.05, 0.1) is 5.56 Å². The van der Waals surface area contributed by atoms with Crippen LogP contribution in [-0.2, 0) is 17.8 Å². The number of halogens is 2. The summed E-state index contributed by atoms with van der Waals surface area (Å²) >= 11 is 0. The number of fused-ring (bicyclic) bond motifs is 3. The molecule has 36 heavy (non-hydrogen) atoms. The van der Waals surface area contributed by atoms with E-state index in [1.807, 2.05) is 6.07 Å². The number of likely N-dealkylation sites (N-methyl/N-ethyl adjacent to an activating group) is 1. The Morgan fingerprint density at radius 1 is 1.14 bits per heavy atom. The van der Waals surface area contributed by atoms with Gasteiger partial charge in [-0.3, -0.25) is 9.48 Å². The lowest BCUT2D eigenvalue weighted by molar-refractivity contribution is -0.130. The van der Waals surface area contributed by atoms with E-state index in [1.165, 1.54) is 24.5 Å². The zero-order valence-electron chi connectivity index (χ0n) is 19.7. The van der Waals surface area contributed by atoms with Crippen molar-refractivity contribution in [2.45, 2.75) is 19.9 Å². The number of pyridine rings is 2. The van der Waals surface area contributed by atoms with Gasteiger partial charge >= 0.3 is 0 Å². The fraction of sp³-hybridized carbons (Fsp3) is 0.280. The molecule has 9 nitrogen and oxygen atoms in total. The van der Waals surface area contributed by atoms with Crippen LogP contribution >= 0.6 is 0 Å². The second-order valence-electron chi connectivity index (χ2n) is 8.96. The van der Waals surface area contributed by atoms with E-state index in [1.54, 1.807) is 23.6 Å². The second-order valence-corrected chi connectivity index (χ2v) is 8.96. The van der Waals surface area contributed by atoms with Gasteiger partial charge in [-0.05, 0) is 24.6 Å². The Kier molecular flexibility index (Phi) is 5.20. The Bertz CT molecular complexity index is 1540. The molecule has 2 aliphatic rings. The average molecular weight is 492 g/mol. The average Bonchev–Trinajstić information content (AvgIpc) is 3.19. The molecule has 0 saturated carbocycles. The van der Waals surface area contributed by atoms with Crippen molar-refractivity contribution in [2.24, 2.45) is 0 Å². The van der Waals surface area contributed by atoms with E-state index >= 15 is 8.78 Å². The molecule has 0 atom stereocenters. The van der Waals surface area contributed by atoms with Crippen molar-refractivity contribution in [3.8, 4) is 17.0 Å². The number of nitrogens with one attached hydrogen (secondary N) is 2. The molecule has 1 amide bonds. The first-order valence-corrected chi connectivity index (χ1v) is 11.6. The molecule has 0 radical (unpaired) electrons. The van der Waals surface area contributed by atoms with Crippen LogP contribution in [0, 0.1) is 18.6 Å². The molecule has 0 spiro atoms. The maximum atomic E-state index is 15.8. The van der Waals surface area contributed by atoms with E-state index < -0.39 is 11.6 Å². The van der Waals surface area contributed by atoms with Gasteiger partial charge in [-0.25, -0.2) is 18.7 Å². The van der Waals surface area contributed by atoms with Gasteiger partial charge in [-0.2, -0.15) is 5.10 Å². The molecule has 0 unspecified atom stereocenters. The Hall–Kier alpha value is -4.28. The van der Waals surface area contributed by atoms with Crippen LogP contribution in [0.3, 0.4) is 0 Å². The quantitative estimate of drug-likeness (QED) is 0.452. The highest BCUT2D eigenvalue weighted by molar-refractivity contribution is 5.91. The minimum Gasteiger partial charge on any atom is -0.474 e. The minimum atomic E-state index is -0.703. The van der Waals surface area contributed by atoms with Crippen LogP contribution in [-0.4, -0.2) is 57.3 Å². The fourth-order valence-electron chi connectivity index (χ4n) is 4.65. The molecule has 11 heteroatoms. The SMILES string of the molecule is Cc1c(-c2c(F)cc3cnc(Nc4cc5n(n4)CC(=O)N(C)CC5)cc3c2F)cnc2c1NCCO2. The highest BCUT2D eigenvalue weighted by atomic mass is 19.1. The van der Waals surface area contributed by atoms with Gasteiger partial charge in [0, 0.05) is 67.0 Å². The standard InChI is InChI=1S/C25H23F2N7O2/c1-13-17(11-30-25-24(13)28-4-6-36-25)22-18(26)7-14-10-29-19(9-16(14)23(22)27)31-20-8-15-3-5-33(2)21(35)12-34(15)32-20/h7-11,28H,3-6,12H2,1-2H3,(H,29,31,32). The normalized spacial score (nSPS) is 15.1. The fourth-order valence-corrected chi connectivity index (χ4v) is 4.65. The molecule has 6 rings (SSSR count). The van der Waals surface area contributed by atoms with Crippen LogP contribution in [0.4, 0.5) is 26.1 Å². The van der Waals surface area contributed by atoms with Gasteiger partial charge in [0.25, 0.3) is 0 Å². The Morgan fingerprint density at radius 3 is 2.86 bits per heavy atom. The third-order valence-corrected chi connectivity index (χ3v) is 6.66. The predicted molar refractivity (Wildman–Crippen MR) is 130 cm³/mol. The van der Waals surface area contributed by atoms with E-state index in [0.29, 0.717) is 65.8 Å². The van der Waals surface area contributed by atoms with Gasteiger partial charge in [-0.15, -0.1) is 0 Å². The molecule has 0 aliphatic carbocycles. The summed E-state index contributed by atoms with van der Waals surface area (Å²) in [6.45, 7) is 3.61. The lowest BCUT2D eigenvalue weighted by Crippen LogP contribution is -2.29. The Balaban J connectivity index is 1.37. The van der Waals surface area contributed by atoms with Gasteiger partial charge in [0.1, 0.15) is 36.3 Å². The summed E-state index contributed by atoms with van der Waals surface area (Å²) in [4.78, 5) is 22.4. The van der Waals surface area contributed by atoms with E-state index in [-0.39, 0.29) is 23.4 Å². The van der Waals surface area contributed by atoms with E-state index in [2.05, 4.69) is 25.7 Å². The highest BCUT2D eigenvalue weighted by Gasteiger charge is 2.23. The summed E-state index contributed by atoms with van der Waals surface area (Å²) in [6, 6.07) is 4.65. The van der Waals surface area contributed by atoms with Crippen molar-refractivity contribution in [3.63, 3.8) is 0 Å². The summed E-state index contributed by atoms with van der Waals surface area (Å²) in [5.74, 6) is -0.143. The third-order valence-electron chi connectivity index (χ3n) is 6.66. The van der Waals surface area contributed by atoms with Crippen molar-refractivity contribution in [1.29, 1.82) is 0 Å². The number of aromatic nitrogens is 4. The lowest BCUT2D eigenvalue weighted by Gasteiger charge is -2.22. The number of anilines is 3. The van der Waals surface area contributed by atoms with Gasteiger partial charge in [0.15, 0.2) is 5.82 Å². The van der Waals surface area contributed by atoms with Gasteiger partial charge in [0.2, 0.25) is 11.8 Å². The molecule has 0 saturated heterocycles. The Labute approximate surface area is 205 Å². The molecule has 5 heterocycles. The number of carbonyl (C=O) groups is 1. The van der Waals surface area contributed by atoms with Crippen molar-refractivity contribution in [2.75, 3.05) is 37.4 Å². The monoisotopic (exact) mass is 491 g/mol. The Morgan fingerprint density at radius 2 is 2.00 bits per heavy atom. The van der Waals surface area contributed by atoms with Crippen molar-refractivity contribution in [1.82, 2.24) is 24.6 Å². The maximum Gasteiger partial charge on any atom is 0.244 e. The smallest absolute Gasteiger partial charge is 0.244 e. The van der Waals surface area contributed by atoms with Crippen molar-refractivity contribution < 1.29 is 18.3 Å². The first-order chi connectivity index (χ1) is 17.4. The molecule has 0 bridgehead atoms. The number of amides is 1. The molecule has 184 valence electrons. The number of ether oxygens (including phenoxy) is 1. The molecular formula is C25H23F2N7O2. The number of rotatable bonds is 3. The number of benzene rings is 1. The van der Waals surface area contributed by atoms with E-state index in [0.717, 1.165) is 5.69 Å². The zero-order chi connectivity index (χ0) is 25.0. The van der Waals surface area contributed by atoms with Crippen LogP contribution in [0.2, 0.25) is 0 Å². The molecule has 3 aromatic heterocycles. The minimum absolute atomic E-state index is 0.0161. The number of carbonyl (C=O) groups excluding carboxylic acids is 1. The van der Waals surface area contributed by atoms with E-state index in [9.17, 15) is 4.79 Å². The third kappa shape index (κ3) is 3.67. The topological polar surface area (TPSA) is 97.2 Å². The maximum absolute atomic E-state index is 15.8. The van der Waals surface area contributed by atoms with Crippen LogP contribution in [0.15, 0.2) is 30.6 Å². The summed E-state index contributed by atoms with van der Waals surface area (Å²) in [5, 5.41) is 11.3. The van der Waals surface area contributed by atoms with Crippen molar-refractivity contribution in [3.05, 3.63) is 53.5 Å². The molecule has 1 aromatic carbocycles. The molecule has 4 aromatic rings. The largest absolute Gasteiger partial charge is 0.474 e. The van der Waals surface area contributed by atoms with Crippen molar-refractivity contribution >= 4 is 34.0 Å². The first kappa shape index (κ1) is 22.2. The number of nitrogens with zero attached hydrogens (tertiary/aromatic N) is 5. The first-order valence-electron chi connectivity index (χ1n) is 11.6. The molecular weight excluding hydrogens is 468 g/mol. The van der Waals surface area contributed by atoms with Gasteiger partial charge in [-0.1, -0.05) is 0 Å². The zero-order valence-corrected chi connectivity index (χ0v) is 19.7. The van der Waals surface area contributed by atoms with Crippen LogP contribution < -0.4 is 15.4 Å². The highest BCUT2D eigenvalue weighted by Crippen LogP contribution is 2.39. The van der Waals surface area contributed by atoms with Crippen LogP contribution in [0.25, 0.3) is 21.9 Å². The second kappa shape index (κ2) is 8.43. The van der Waals surface area contributed by atoms with Crippen LogP contribution in [0.5, 0.6) is 5.88 Å². The molecule has 0 fully saturated rings. The van der Waals surface area contributed by atoms with E-state index in [4.69, 9.17) is 4.74 Å². The summed E-state index contributed by atoms with van der Waals surface area (Å²) < 4.78 is 38.2. The summed E-state index contributed by atoms with van der Waals surface area (Å²) in [5.41, 5.74) is 2.40. The number of hydrogen-bond acceptors (Lipinski definition) is 7. The summed E-state index contributed by atoms with van der Waals surface area (Å²) in [6.07, 6.45) is 3.53. The van der Waals surface area contributed by atoms with Crippen LogP contribution in [0.1, 0.15) is 11.3 Å². The summed E-state index contributed by atoms with van der Waals surface area (Å²) in [7, 11) is 1.77. The molecule has 2 N–H and O–H groups in total. The molecule has 2 aliphatic heterocycles. The number of hydrogen-bond donors (Lipinski definition) is 2. The predicted octanol–water partition coefficient (Wildman–Crippen LogP) is 3.64. The van der Waals surface area contributed by atoms with Gasteiger partial charge < -0.3 is 20.3 Å². The lowest BCUT2D eigenvalue weighted by atomic mass is 9.97.